The molecule has 2 aromatic carbocycles. The molecule has 36 heavy (non-hydrogen) atoms. The molecule has 1 aliphatic carbocycles. The third-order valence-corrected chi connectivity index (χ3v) is 7.02. The summed E-state index contributed by atoms with van der Waals surface area (Å²) in [6.07, 6.45) is 3.54. The standard InChI is InChI=1S/C28H31N5O3/c1-16-8-10-19(11-9-16)15-33-23-24(29-18(3)20-6-5-7-20)30-26(28(34)35)31-25(23)32-27(33)21-12-17(2)13-22(14-21)36-4/h8-14,18,20H,5-7,15H2,1-4H3,(H,34,35)(H,29,30,31). The van der Waals surface area contributed by atoms with Crippen LogP contribution in [0.2, 0.25) is 0 Å². The van der Waals surface area contributed by atoms with Crippen LogP contribution in [-0.2, 0) is 6.54 Å². The maximum absolute atomic E-state index is 11.9. The van der Waals surface area contributed by atoms with E-state index >= 15 is 0 Å². The van der Waals surface area contributed by atoms with Crippen LogP contribution in [0.15, 0.2) is 42.5 Å². The van der Waals surface area contributed by atoms with E-state index in [0.29, 0.717) is 35.3 Å². The van der Waals surface area contributed by atoms with Crippen LogP contribution in [0.5, 0.6) is 5.75 Å². The van der Waals surface area contributed by atoms with Gasteiger partial charge in [0.2, 0.25) is 5.82 Å². The lowest BCUT2D eigenvalue weighted by molar-refractivity contribution is 0.0684. The predicted octanol–water partition coefficient (Wildman–Crippen LogP) is 5.47. The van der Waals surface area contributed by atoms with Gasteiger partial charge in [0.1, 0.15) is 17.1 Å². The Bertz CT molecular complexity index is 1420. The van der Waals surface area contributed by atoms with E-state index in [1.54, 1.807) is 7.11 Å². The Hall–Kier alpha value is -3.94. The smallest absolute Gasteiger partial charge is 0.374 e. The second kappa shape index (κ2) is 9.60. The summed E-state index contributed by atoms with van der Waals surface area (Å²) in [5, 5.41) is 13.2. The molecule has 8 nitrogen and oxygen atoms in total. The highest BCUT2D eigenvalue weighted by molar-refractivity contribution is 5.92. The molecule has 5 rings (SSSR count). The molecule has 0 radical (unpaired) electrons. The summed E-state index contributed by atoms with van der Waals surface area (Å²) in [4.78, 5) is 25.5. The average Bonchev–Trinajstić information content (AvgIpc) is 3.17. The summed E-state index contributed by atoms with van der Waals surface area (Å²) in [6, 6.07) is 14.5. The van der Waals surface area contributed by atoms with E-state index in [1.807, 2.05) is 25.1 Å². The zero-order chi connectivity index (χ0) is 25.4. The van der Waals surface area contributed by atoms with Gasteiger partial charge in [0.15, 0.2) is 11.5 Å². The number of carbonyl (C=O) groups is 1. The number of ether oxygens (including phenoxy) is 1. The molecule has 4 aromatic rings. The number of aromatic carboxylic acids is 1. The Morgan fingerprint density at radius 1 is 1.11 bits per heavy atom. The van der Waals surface area contributed by atoms with Crippen molar-refractivity contribution < 1.29 is 14.6 Å². The number of carboxylic acid groups (broad SMARTS) is 1. The van der Waals surface area contributed by atoms with E-state index in [-0.39, 0.29) is 11.9 Å². The number of nitrogens with one attached hydrogen (secondary N) is 1. The number of benzene rings is 2. The molecule has 2 N–H and O–H groups in total. The number of fused-ring (bicyclic) bond motifs is 1. The van der Waals surface area contributed by atoms with Gasteiger partial charge in [-0.15, -0.1) is 0 Å². The van der Waals surface area contributed by atoms with E-state index in [1.165, 1.54) is 12.0 Å². The maximum atomic E-state index is 11.9. The molecule has 0 amide bonds. The van der Waals surface area contributed by atoms with Gasteiger partial charge in [0, 0.05) is 18.2 Å². The van der Waals surface area contributed by atoms with E-state index in [4.69, 9.17) is 9.72 Å². The van der Waals surface area contributed by atoms with Gasteiger partial charge in [0.05, 0.1) is 7.11 Å². The molecule has 1 aliphatic rings. The highest BCUT2D eigenvalue weighted by Gasteiger charge is 2.27. The minimum Gasteiger partial charge on any atom is -0.497 e. The van der Waals surface area contributed by atoms with Gasteiger partial charge < -0.3 is 19.7 Å². The first-order valence-electron chi connectivity index (χ1n) is 12.3. The van der Waals surface area contributed by atoms with Crippen molar-refractivity contribution in [2.24, 2.45) is 5.92 Å². The molecular weight excluding hydrogens is 454 g/mol. The third-order valence-electron chi connectivity index (χ3n) is 7.02. The molecule has 1 fully saturated rings. The van der Waals surface area contributed by atoms with E-state index in [2.05, 4.69) is 58.0 Å². The Morgan fingerprint density at radius 2 is 1.86 bits per heavy atom. The number of anilines is 1. The first kappa shape index (κ1) is 23.8. The number of aromatic nitrogens is 4. The van der Waals surface area contributed by atoms with Crippen LogP contribution >= 0.6 is 0 Å². The monoisotopic (exact) mass is 485 g/mol. The lowest BCUT2D eigenvalue weighted by atomic mass is 9.80. The van der Waals surface area contributed by atoms with Gasteiger partial charge in [-0.25, -0.2) is 19.7 Å². The number of rotatable bonds is 8. The highest BCUT2D eigenvalue weighted by Crippen LogP contribution is 2.34. The largest absolute Gasteiger partial charge is 0.497 e. The second-order valence-corrected chi connectivity index (χ2v) is 9.74. The number of carboxylic acids is 1. The minimum absolute atomic E-state index is 0.156. The highest BCUT2D eigenvalue weighted by atomic mass is 16.5. The topological polar surface area (TPSA) is 102 Å². The lowest BCUT2D eigenvalue weighted by Gasteiger charge is -2.32. The number of imidazole rings is 1. The number of methoxy groups -OCH3 is 1. The van der Waals surface area contributed by atoms with Gasteiger partial charge in [-0.1, -0.05) is 36.2 Å². The molecule has 2 heterocycles. The fourth-order valence-corrected chi connectivity index (χ4v) is 4.75. The van der Waals surface area contributed by atoms with Gasteiger partial charge in [-0.2, -0.15) is 0 Å². The molecule has 0 bridgehead atoms. The zero-order valence-electron chi connectivity index (χ0n) is 21.1. The van der Waals surface area contributed by atoms with E-state index in [0.717, 1.165) is 35.3 Å². The first-order chi connectivity index (χ1) is 17.3. The summed E-state index contributed by atoms with van der Waals surface area (Å²) in [7, 11) is 1.64. The van der Waals surface area contributed by atoms with Crippen LogP contribution in [0.4, 0.5) is 5.82 Å². The SMILES string of the molecule is COc1cc(C)cc(-c2nc3nc(C(=O)O)nc(NC(C)C4CCC4)c3n2Cc2ccc(C)cc2)c1. The van der Waals surface area contributed by atoms with Crippen molar-refractivity contribution in [1.29, 1.82) is 0 Å². The molecule has 1 atom stereocenters. The van der Waals surface area contributed by atoms with Crippen LogP contribution in [0.3, 0.4) is 0 Å². The van der Waals surface area contributed by atoms with Gasteiger partial charge >= 0.3 is 5.97 Å². The van der Waals surface area contributed by atoms with Crippen molar-refractivity contribution in [3.63, 3.8) is 0 Å². The number of aryl methyl sites for hydroxylation is 2. The van der Waals surface area contributed by atoms with Crippen LogP contribution in [0.1, 0.15) is 53.5 Å². The molecule has 0 saturated heterocycles. The zero-order valence-corrected chi connectivity index (χ0v) is 21.1. The Labute approximate surface area is 210 Å². The molecule has 0 spiro atoms. The summed E-state index contributed by atoms with van der Waals surface area (Å²) in [5.41, 5.74) is 5.24. The molecule has 8 heteroatoms. The van der Waals surface area contributed by atoms with Crippen molar-refractivity contribution in [2.75, 3.05) is 12.4 Å². The Morgan fingerprint density at radius 3 is 2.50 bits per heavy atom. The van der Waals surface area contributed by atoms with Crippen molar-refractivity contribution in [1.82, 2.24) is 19.5 Å². The average molecular weight is 486 g/mol. The van der Waals surface area contributed by atoms with Crippen molar-refractivity contribution in [3.8, 4) is 17.1 Å². The van der Waals surface area contributed by atoms with Gasteiger partial charge in [-0.05, 0) is 68.9 Å². The van der Waals surface area contributed by atoms with Crippen LogP contribution < -0.4 is 10.1 Å². The van der Waals surface area contributed by atoms with E-state index < -0.39 is 5.97 Å². The van der Waals surface area contributed by atoms with Crippen LogP contribution in [0.25, 0.3) is 22.6 Å². The lowest BCUT2D eigenvalue weighted by Crippen LogP contribution is -2.31. The Kier molecular flexibility index (Phi) is 6.35. The fraction of sp³-hybridized carbons (Fsp3) is 0.357. The van der Waals surface area contributed by atoms with Crippen LogP contribution in [-0.4, -0.2) is 43.7 Å². The number of nitrogens with zero attached hydrogens (tertiary/aromatic N) is 4. The molecule has 0 aliphatic heterocycles. The predicted molar refractivity (Wildman–Crippen MR) is 140 cm³/mol. The minimum atomic E-state index is -1.18. The molecule has 2 aromatic heterocycles. The second-order valence-electron chi connectivity index (χ2n) is 9.74. The van der Waals surface area contributed by atoms with E-state index in [9.17, 15) is 9.90 Å². The van der Waals surface area contributed by atoms with Crippen molar-refractivity contribution in [3.05, 3.63) is 65.0 Å². The fourth-order valence-electron chi connectivity index (χ4n) is 4.75. The number of hydrogen-bond acceptors (Lipinski definition) is 6. The quantitative estimate of drug-likeness (QED) is 0.341. The molecule has 1 unspecified atom stereocenters. The summed E-state index contributed by atoms with van der Waals surface area (Å²) < 4.78 is 7.60. The van der Waals surface area contributed by atoms with Gasteiger partial charge in [0.25, 0.3) is 0 Å². The molecule has 186 valence electrons. The normalized spacial score (nSPS) is 14.4. The van der Waals surface area contributed by atoms with Crippen molar-refractivity contribution in [2.45, 2.75) is 52.6 Å². The Balaban J connectivity index is 1.73. The molecule has 1 saturated carbocycles. The number of hydrogen-bond donors (Lipinski definition) is 2. The maximum Gasteiger partial charge on any atom is 0.374 e. The summed E-state index contributed by atoms with van der Waals surface area (Å²) in [6.45, 7) is 6.73. The molecular formula is C28H31N5O3. The van der Waals surface area contributed by atoms with Crippen molar-refractivity contribution >= 4 is 23.0 Å². The van der Waals surface area contributed by atoms with Crippen LogP contribution in [0, 0.1) is 19.8 Å². The third kappa shape index (κ3) is 4.63. The first-order valence-corrected chi connectivity index (χ1v) is 12.3. The summed E-state index contributed by atoms with van der Waals surface area (Å²) >= 11 is 0. The summed E-state index contributed by atoms with van der Waals surface area (Å²) in [5.74, 6) is 1.01. The van der Waals surface area contributed by atoms with Gasteiger partial charge in [-0.3, -0.25) is 0 Å².